The molecule has 5 heteroatoms. The SMILES string of the molecule is CC(C)(C)OC(=O)[C@H]1[C@@H]2[C@H](CN1C(=O)OCc1ccccc1)[C@@H]1C=C[C@H]2C1. The fourth-order valence-corrected chi connectivity index (χ4v) is 4.87. The number of fused-ring (bicyclic) bond motifs is 5. The Hall–Kier alpha value is -2.30. The fraction of sp³-hybridized carbons (Fsp3) is 0.545. The largest absolute Gasteiger partial charge is 0.458 e. The summed E-state index contributed by atoms with van der Waals surface area (Å²) in [5.41, 5.74) is 0.350. The Kier molecular flexibility index (Phi) is 4.49. The molecule has 2 aliphatic carbocycles. The van der Waals surface area contributed by atoms with Gasteiger partial charge in [0, 0.05) is 12.5 Å². The Morgan fingerprint density at radius 2 is 1.81 bits per heavy atom. The van der Waals surface area contributed by atoms with Crippen molar-refractivity contribution < 1.29 is 19.1 Å². The Morgan fingerprint density at radius 3 is 2.52 bits per heavy atom. The van der Waals surface area contributed by atoms with Crippen molar-refractivity contribution in [3.05, 3.63) is 48.0 Å². The van der Waals surface area contributed by atoms with Gasteiger partial charge in [-0.1, -0.05) is 42.5 Å². The van der Waals surface area contributed by atoms with Crippen molar-refractivity contribution in [1.29, 1.82) is 0 Å². The predicted molar refractivity (Wildman–Crippen MR) is 101 cm³/mol. The van der Waals surface area contributed by atoms with Gasteiger partial charge < -0.3 is 9.47 Å². The first kappa shape index (κ1) is 18.1. The van der Waals surface area contributed by atoms with Crippen molar-refractivity contribution in [3.8, 4) is 0 Å². The van der Waals surface area contributed by atoms with Crippen molar-refractivity contribution >= 4 is 12.1 Å². The number of amides is 1. The normalized spacial score (nSPS) is 31.1. The molecule has 1 saturated carbocycles. The first-order valence-electron chi connectivity index (χ1n) is 9.72. The van der Waals surface area contributed by atoms with Crippen LogP contribution in [0.2, 0.25) is 0 Å². The zero-order chi connectivity index (χ0) is 19.2. The maximum atomic E-state index is 13.0. The molecule has 0 spiro atoms. The molecule has 1 aromatic rings. The number of ether oxygens (including phenoxy) is 2. The van der Waals surface area contributed by atoms with E-state index < -0.39 is 17.7 Å². The average molecular weight is 369 g/mol. The van der Waals surface area contributed by atoms with Crippen LogP contribution < -0.4 is 0 Å². The van der Waals surface area contributed by atoms with E-state index in [0.717, 1.165) is 12.0 Å². The molecule has 4 rings (SSSR count). The summed E-state index contributed by atoms with van der Waals surface area (Å²) in [5, 5.41) is 0. The molecule has 5 nitrogen and oxygen atoms in total. The number of hydrogen-bond donors (Lipinski definition) is 0. The number of carbonyl (C=O) groups is 2. The molecule has 2 bridgehead atoms. The lowest BCUT2D eigenvalue weighted by atomic mass is 9.82. The summed E-state index contributed by atoms with van der Waals surface area (Å²) in [5.74, 6) is 0.954. The van der Waals surface area contributed by atoms with Gasteiger partial charge in [-0.25, -0.2) is 9.59 Å². The summed E-state index contributed by atoms with van der Waals surface area (Å²) in [6.07, 6.45) is 5.11. The number of hydrogen-bond acceptors (Lipinski definition) is 4. The molecule has 2 fully saturated rings. The second-order valence-corrected chi connectivity index (χ2v) is 8.86. The van der Waals surface area contributed by atoms with Crippen molar-refractivity contribution in [2.45, 2.75) is 45.4 Å². The average Bonchev–Trinajstić information content (AvgIpc) is 3.30. The highest BCUT2D eigenvalue weighted by Crippen LogP contribution is 2.54. The first-order chi connectivity index (χ1) is 12.8. The number of carbonyl (C=O) groups excluding carboxylic acids is 2. The highest BCUT2D eigenvalue weighted by molar-refractivity contribution is 5.83. The van der Waals surface area contributed by atoms with E-state index in [9.17, 15) is 9.59 Å². The Labute approximate surface area is 160 Å². The molecule has 27 heavy (non-hydrogen) atoms. The van der Waals surface area contributed by atoms with Crippen LogP contribution in [0.1, 0.15) is 32.8 Å². The lowest BCUT2D eigenvalue weighted by Gasteiger charge is -2.30. The molecule has 1 saturated heterocycles. The predicted octanol–water partition coefficient (Wildman–Crippen LogP) is 3.79. The Morgan fingerprint density at radius 1 is 1.11 bits per heavy atom. The zero-order valence-corrected chi connectivity index (χ0v) is 16.1. The van der Waals surface area contributed by atoms with Gasteiger partial charge in [0.2, 0.25) is 0 Å². The molecule has 1 amide bonds. The Bertz CT molecular complexity index is 751. The summed E-state index contributed by atoms with van der Waals surface area (Å²) in [6.45, 7) is 6.34. The van der Waals surface area contributed by atoms with Crippen molar-refractivity contribution in [1.82, 2.24) is 4.90 Å². The van der Waals surface area contributed by atoms with Crippen LogP contribution in [0.4, 0.5) is 4.79 Å². The molecule has 3 aliphatic rings. The van der Waals surface area contributed by atoms with Crippen LogP contribution in [0.25, 0.3) is 0 Å². The van der Waals surface area contributed by atoms with Gasteiger partial charge in [-0.15, -0.1) is 0 Å². The van der Waals surface area contributed by atoms with Gasteiger partial charge in [0.25, 0.3) is 0 Å². The Balaban J connectivity index is 1.51. The fourth-order valence-electron chi connectivity index (χ4n) is 4.87. The van der Waals surface area contributed by atoms with Gasteiger partial charge in [-0.2, -0.15) is 0 Å². The van der Waals surface area contributed by atoms with E-state index in [0.29, 0.717) is 24.3 Å². The van der Waals surface area contributed by atoms with Crippen LogP contribution >= 0.6 is 0 Å². The zero-order valence-electron chi connectivity index (χ0n) is 16.1. The van der Waals surface area contributed by atoms with E-state index in [-0.39, 0.29) is 18.5 Å². The molecule has 1 aromatic carbocycles. The first-order valence-corrected chi connectivity index (χ1v) is 9.72. The van der Waals surface area contributed by atoms with Gasteiger partial charge >= 0.3 is 12.1 Å². The van der Waals surface area contributed by atoms with E-state index in [1.54, 1.807) is 4.90 Å². The third kappa shape index (κ3) is 3.47. The van der Waals surface area contributed by atoms with E-state index in [1.807, 2.05) is 51.1 Å². The molecule has 144 valence electrons. The van der Waals surface area contributed by atoms with Gasteiger partial charge in [0.15, 0.2) is 0 Å². The number of esters is 1. The van der Waals surface area contributed by atoms with E-state index in [2.05, 4.69) is 12.2 Å². The minimum Gasteiger partial charge on any atom is -0.458 e. The van der Waals surface area contributed by atoms with Crippen molar-refractivity contribution in [2.24, 2.45) is 23.7 Å². The highest BCUT2D eigenvalue weighted by Gasteiger charge is 2.59. The molecule has 0 radical (unpaired) electrons. The number of allylic oxidation sites excluding steroid dienone is 2. The molecule has 1 aliphatic heterocycles. The van der Waals surface area contributed by atoms with Crippen molar-refractivity contribution in [3.63, 3.8) is 0 Å². The highest BCUT2D eigenvalue weighted by atomic mass is 16.6. The van der Waals surface area contributed by atoms with E-state index in [4.69, 9.17) is 9.47 Å². The van der Waals surface area contributed by atoms with Gasteiger partial charge in [-0.05, 0) is 50.5 Å². The van der Waals surface area contributed by atoms with Crippen molar-refractivity contribution in [2.75, 3.05) is 6.54 Å². The monoisotopic (exact) mass is 369 g/mol. The maximum absolute atomic E-state index is 13.0. The summed E-state index contributed by atoms with van der Waals surface area (Å²) in [4.78, 5) is 27.4. The summed E-state index contributed by atoms with van der Waals surface area (Å²) < 4.78 is 11.2. The lowest BCUT2D eigenvalue weighted by molar-refractivity contribution is -0.161. The molecular weight excluding hydrogens is 342 g/mol. The molecule has 1 heterocycles. The maximum Gasteiger partial charge on any atom is 0.410 e. The third-order valence-electron chi connectivity index (χ3n) is 5.88. The minimum atomic E-state index is -0.581. The lowest BCUT2D eigenvalue weighted by Crippen LogP contribution is -2.47. The molecule has 5 atom stereocenters. The summed E-state index contributed by atoms with van der Waals surface area (Å²) in [7, 11) is 0. The second-order valence-electron chi connectivity index (χ2n) is 8.86. The smallest absolute Gasteiger partial charge is 0.410 e. The molecule has 0 unspecified atom stereocenters. The van der Waals surface area contributed by atoms with Gasteiger partial charge in [0.05, 0.1) is 0 Å². The van der Waals surface area contributed by atoms with Crippen LogP contribution in [0, 0.1) is 23.7 Å². The van der Waals surface area contributed by atoms with Crippen LogP contribution in [-0.4, -0.2) is 35.2 Å². The standard InChI is InChI=1S/C22H27NO4/c1-22(2,3)27-20(24)19-18-16-10-9-15(11-16)17(18)12-23(19)21(25)26-13-14-7-5-4-6-8-14/h4-10,15-19H,11-13H2,1-3H3/t15-,16+,17-,18+,19-/m1/s1. The quantitative estimate of drug-likeness (QED) is 0.601. The molecular formula is C22H27NO4. The van der Waals surface area contributed by atoms with Gasteiger partial charge in [0.1, 0.15) is 18.2 Å². The van der Waals surface area contributed by atoms with Crippen LogP contribution in [0.5, 0.6) is 0 Å². The topological polar surface area (TPSA) is 55.8 Å². The second kappa shape index (κ2) is 6.70. The number of likely N-dealkylation sites (tertiary alicyclic amines) is 1. The minimum absolute atomic E-state index is 0.138. The van der Waals surface area contributed by atoms with Crippen LogP contribution in [0.3, 0.4) is 0 Å². The number of nitrogens with zero attached hydrogens (tertiary/aromatic N) is 1. The molecule has 0 aromatic heterocycles. The van der Waals surface area contributed by atoms with E-state index in [1.165, 1.54) is 0 Å². The van der Waals surface area contributed by atoms with E-state index >= 15 is 0 Å². The van der Waals surface area contributed by atoms with Crippen LogP contribution in [-0.2, 0) is 20.9 Å². The summed E-state index contributed by atoms with van der Waals surface area (Å²) >= 11 is 0. The third-order valence-corrected chi connectivity index (χ3v) is 5.88. The molecule has 0 N–H and O–H groups in total. The van der Waals surface area contributed by atoms with Gasteiger partial charge in [-0.3, -0.25) is 4.90 Å². The number of rotatable bonds is 3. The van der Waals surface area contributed by atoms with Crippen LogP contribution in [0.15, 0.2) is 42.5 Å². The number of benzene rings is 1. The summed E-state index contributed by atoms with van der Waals surface area (Å²) in [6, 6.07) is 9.03.